The van der Waals surface area contributed by atoms with Gasteiger partial charge >= 0.3 is 5.97 Å². The van der Waals surface area contributed by atoms with Gasteiger partial charge in [0.15, 0.2) is 0 Å². The smallest absolute Gasteiger partial charge is 0.316 e. The van der Waals surface area contributed by atoms with Gasteiger partial charge in [0.05, 0.1) is 13.0 Å². The molecule has 3 atom stereocenters. The molecule has 1 rings (SSSR count). The number of hydrogen-bond donors (Lipinski definition) is 0. The Hall–Kier alpha value is -1.17. The zero-order valence-corrected chi connectivity index (χ0v) is 9.48. The van der Waals surface area contributed by atoms with Gasteiger partial charge in [0.1, 0.15) is 5.92 Å². The van der Waals surface area contributed by atoms with Gasteiger partial charge in [-0.05, 0) is 24.4 Å². The number of esters is 1. The zero-order valence-electron chi connectivity index (χ0n) is 8.72. The first-order valence-corrected chi connectivity index (χ1v) is 5.27. The molecule has 0 saturated heterocycles. The van der Waals surface area contributed by atoms with Gasteiger partial charge in [0, 0.05) is 11.3 Å². The highest BCUT2D eigenvalue weighted by molar-refractivity contribution is 6.64. The van der Waals surface area contributed by atoms with Crippen LogP contribution in [0.25, 0.3) is 0 Å². The summed E-state index contributed by atoms with van der Waals surface area (Å²) in [6, 6.07) is -1.08. The quantitative estimate of drug-likeness (QED) is 0.322. The van der Waals surface area contributed by atoms with Crippen LogP contribution in [0.15, 0.2) is 0 Å². The molecule has 1 aliphatic rings. The molecule has 7 heteroatoms. The van der Waals surface area contributed by atoms with Crippen molar-refractivity contribution in [2.45, 2.75) is 25.3 Å². The fourth-order valence-electron chi connectivity index (χ4n) is 2.12. The van der Waals surface area contributed by atoms with Gasteiger partial charge in [-0.15, -0.1) is 0 Å². The van der Waals surface area contributed by atoms with Crippen LogP contribution in [0.2, 0.25) is 0 Å². The van der Waals surface area contributed by atoms with Crippen LogP contribution < -0.4 is 0 Å². The fourth-order valence-corrected chi connectivity index (χ4v) is 2.37. The monoisotopic (exact) mass is 249 g/mol. The lowest BCUT2D eigenvalue weighted by molar-refractivity contribution is -0.534. The second-order valence-corrected chi connectivity index (χ2v) is 4.12. The summed E-state index contributed by atoms with van der Waals surface area (Å²) in [7, 11) is 1.14. The molecule has 0 aromatic rings. The standard InChI is InChI=1S/C9H12ClNO5/c1-16-9(13)7-5(8(10)12)3-2-4-6(7)11(14)15/h5-7H,2-4H2,1H3. The molecule has 0 amide bonds. The van der Waals surface area contributed by atoms with Crippen molar-refractivity contribution in [2.75, 3.05) is 7.11 Å². The topological polar surface area (TPSA) is 86.5 Å². The van der Waals surface area contributed by atoms with Gasteiger partial charge < -0.3 is 4.74 Å². The highest BCUT2D eigenvalue weighted by atomic mass is 35.5. The number of rotatable bonds is 3. The Bertz CT molecular complexity index is 297. The number of methoxy groups -OCH3 is 1. The van der Waals surface area contributed by atoms with Crippen LogP contribution in [0.4, 0.5) is 0 Å². The van der Waals surface area contributed by atoms with Crippen LogP contribution >= 0.6 is 11.6 Å². The third kappa shape index (κ3) is 2.49. The zero-order chi connectivity index (χ0) is 12.3. The van der Waals surface area contributed by atoms with E-state index in [4.69, 9.17) is 11.6 Å². The van der Waals surface area contributed by atoms with Crippen LogP contribution in [-0.2, 0) is 14.3 Å². The van der Waals surface area contributed by atoms with E-state index in [0.29, 0.717) is 12.8 Å². The van der Waals surface area contributed by atoms with Gasteiger partial charge in [-0.3, -0.25) is 19.7 Å². The Labute approximate surface area is 97.0 Å². The number of carbonyl (C=O) groups excluding carboxylic acids is 2. The first-order chi connectivity index (χ1) is 7.49. The number of nitro groups is 1. The minimum atomic E-state index is -1.08. The van der Waals surface area contributed by atoms with E-state index in [1.54, 1.807) is 0 Å². The summed E-state index contributed by atoms with van der Waals surface area (Å²) in [6.07, 6.45) is 1.18. The molecule has 90 valence electrons. The Morgan fingerprint density at radius 1 is 1.44 bits per heavy atom. The molecule has 0 spiro atoms. The minimum Gasteiger partial charge on any atom is -0.469 e. The molecule has 16 heavy (non-hydrogen) atoms. The predicted molar refractivity (Wildman–Crippen MR) is 54.5 cm³/mol. The second-order valence-electron chi connectivity index (χ2n) is 3.74. The first-order valence-electron chi connectivity index (χ1n) is 4.89. The number of ether oxygens (including phenoxy) is 1. The van der Waals surface area contributed by atoms with Gasteiger partial charge in [0.25, 0.3) is 0 Å². The van der Waals surface area contributed by atoms with Crippen molar-refractivity contribution in [1.29, 1.82) is 0 Å². The molecular formula is C9H12ClNO5. The van der Waals surface area contributed by atoms with Crippen LogP contribution in [0.3, 0.4) is 0 Å². The van der Waals surface area contributed by atoms with Crippen molar-refractivity contribution in [3.63, 3.8) is 0 Å². The van der Waals surface area contributed by atoms with Gasteiger partial charge in [-0.25, -0.2) is 0 Å². The molecule has 0 aromatic heterocycles. The second kappa shape index (κ2) is 5.25. The molecule has 1 fully saturated rings. The molecule has 0 aliphatic heterocycles. The van der Waals surface area contributed by atoms with E-state index in [0.717, 1.165) is 7.11 Å². The number of hydrogen-bond acceptors (Lipinski definition) is 5. The molecule has 0 N–H and O–H groups in total. The van der Waals surface area contributed by atoms with Crippen LogP contribution in [0.5, 0.6) is 0 Å². The Kier molecular flexibility index (Phi) is 4.23. The fraction of sp³-hybridized carbons (Fsp3) is 0.778. The maximum atomic E-state index is 11.5. The van der Waals surface area contributed by atoms with E-state index < -0.39 is 34.0 Å². The Morgan fingerprint density at radius 2 is 2.06 bits per heavy atom. The van der Waals surface area contributed by atoms with Crippen LogP contribution in [0.1, 0.15) is 19.3 Å². The highest BCUT2D eigenvalue weighted by Gasteiger charge is 2.48. The maximum Gasteiger partial charge on any atom is 0.316 e. The largest absolute Gasteiger partial charge is 0.469 e. The molecule has 1 saturated carbocycles. The van der Waals surface area contributed by atoms with E-state index in [1.807, 2.05) is 0 Å². The van der Waals surface area contributed by atoms with E-state index in [-0.39, 0.29) is 6.42 Å². The molecule has 0 heterocycles. The number of nitrogens with zero attached hydrogens (tertiary/aromatic N) is 1. The molecule has 1 aliphatic carbocycles. The molecule has 0 bridgehead atoms. The lowest BCUT2D eigenvalue weighted by Crippen LogP contribution is -2.45. The van der Waals surface area contributed by atoms with Crippen LogP contribution in [-0.4, -0.2) is 29.3 Å². The SMILES string of the molecule is COC(=O)C1C(C(=O)Cl)CCCC1[N+](=O)[O-]. The van der Waals surface area contributed by atoms with Crippen molar-refractivity contribution in [1.82, 2.24) is 0 Å². The third-order valence-electron chi connectivity index (χ3n) is 2.90. The number of halogens is 1. The lowest BCUT2D eigenvalue weighted by Gasteiger charge is -2.28. The van der Waals surface area contributed by atoms with Gasteiger partial charge in [-0.2, -0.15) is 0 Å². The molecule has 0 aromatic carbocycles. The normalized spacial score (nSPS) is 29.5. The third-order valence-corrected chi connectivity index (χ3v) is 3.18. The Balaban J connectivity index is 2.98. The van der Waals surface area contributed by atoms with Crippen molar-refractivity contribution in [2.24, 2.45) is 11.8 Å². The summed E-state index contributed by atoms with van der Waals surface area (Å²) < 4.78 is 4.50. The summed E-state index contributed by atoms with van der Waals surface area (Å²) in [5, 5.41) is 10.1. The first kappa shape index (κ1) is 12.9. The van der Waals surface area contributed by atoms with Crippen molar-refractivity contribution >= 4 is 22.8 Å². The Morgan fingerprint density at radius 3 is 2.50 bits per heavy atom. The van der Waals surface area contributed by atoms with E-state index >= 15 is 0 Å². The summed E-state index contributed by atoms with van der Waals surface area (Å²) >= 11 is 5.35. The van der Waals surface area contributed by atoms with Crippen molar-refractivity contribution in [3.05, 3.63) is 10.1 Å². The summed E-state index contributed by atoms with van der Waals surface area (Å²) in [4.78, 5) is 32.9. The minimum absolute atomic E-state index is 0.271. The lowest BCUT2D eigenvalue weighted by atomic mass is 9.76. The molecule has 6 nitrogen and oxygen atoms in total. The summed E-state index contributed by atoms with van der Waals surface area (Å²) in [5.41, 5.74) is 0. The average molecular weight is 250 g/mol. The summed E-state index contributed by atoms with van der Waals surface area (Å²) in [6.45, 7) is 0. The van der Waals surface area contributed by atoms with E-state index in [2.05, 4.69) is 4.74 Å². The van der Waals surface area contributed by atoms with Gasteiger partial charge in [0.2, 0.25) is 11.3 Å². The maximum absolute atomic E-state index is 11.5. The van der Waals surface area contributed by atoms with Crippen molar-refractivity contribution < 1.29 is 19.2 Å². The molecule has 0 radical (unpaired) electrons. The highest BCUT2D eigenvalue weighted by Crippen LogP contribution is 2.34. The molecule has 3 unspecified atom stereocenters. The van der Waals surface area contributed by atoms with E-state index in [9.17, 15) is 19.7 Å². The average Bonchev–Trinajstić information content (AvgIpc) is 2.26. The summed E-state index contributed by atoms with van der Waals surface area (Å²) in [5.74, 6) is -2.60. The van der Waals surface area contributed by atoms with Gasteiger partial charge in [-0.1, -0.05) is 0 Å². The van der Waals surface area contributed by atoms with Crippen molar-refractivity contribution in [3.8, 4) is 0 Å². The molecular weight excluding hydrogens is 238 g/mol. The van der Waals surface area contributed by atoms with Crippen LogP contribution in [0, 0.1) is 22.0 Å². The van der Waals surface area contributed by atoms with E-state index in [1.165, 1.54) is 0 Å². The predicted octanol–water partition coefficient (Wildman–Crippen LogP) is 0.986. The number of carbonyl (C=O) groups is 2.